The Morgan fingerprint density at radius 1 is 0.885 bits per heavy atom. The summed E-state index contributed by atoms with van der Waals surface area (Å²) in [5.74, 6) is 0.985. The van der Waals surface area contributed by atoms with E-state index in [1.165, 1.54) is 0 Å². The van der Waals surface area contributed by atoms with Crippen molar-refractivity contribution in [1.29, 1.82) is 0 Å². The molecule has 0 aliphatic heterocycles. The molecule has 0 aliphatic rings. The van der Waals surface area contributed by atoms with E-state index in [0.29, 0.717) is 29.2 Å². The molecule has 0 aliphatic carbocycles. The average molecular weight is 370 g/mol. The van der Waals surface area contributed by atoms with Crippen LogP contribution in [0.25, 0.3) is 0 Å². The number of aromatic nitrogens is 1. The van der Waals surface area contributed by atoms with E-state index in [-0.39, 0.29) is 18.2 Å². The summed E-state index contributed by atoms with van der Waals surface area (Å²) in [6.45, 7) is 0. The lowest BCUT2D eigenvalue weighted by Gasteiger charge is -2.08. The van der Waals surface area contributed by atoms with Crippen LogP contribution in [0.3, 0.4) is 0 Å². The van der Waals surface area contributed by atoms with Gasteiger partial charge in [0.25, 0.3) is 0 Å². The van der Waals surface area contributed by atoms with Gasteiger partial charge in [-0.1, -0.05) is 36.4 Å². The van der Waals surface area contributed by atoms with Crippen molar-refractivity contribution in [2.45, 2.75) is 6.42 Å². The van der Waals surface area contributed by atoms with Crippen LogP contribution in [0.5, 0.6) is 11.5 Å². The Hall–Kier alpha value is -2.85. The van der Waals surface area contributed by atoms with Crippen LogP contribution in [-0.2, 0) is 6.42 Å². The molecule has 0 saturated carbocycles. The zero-order valence-electron chi connectivity index (χ0n) is 14.6. The zero-order valence-corrected chi connectivity index (χ0v) is 15.5. The molecule has 3 aromatic rings. The highest BCUT2D eigenvalue weighted by molar-refractivity contribution is 6.08. The number of benzene rings is 2. The van der Waals surface area contributed by atoms with Gasteiger partial charge in [-0.2, -0.15) is 0 Å². The summed E-state index contributed by atoms with van der Waals surface area (Å²) in [5, 5.41) is 0. The number of rotatable bonds is 6. The molecule has 1 aromatic heterocycles. The summed E-state index contributed by atoms with van der Waals surface area (Å²) < 4.78 is 10.5. The predicted octanol–water partition coefficient (Wildman–Crippen LogP) is 4.34. The van der Waals surface area contributed by atoms with Crippen LogP contribution in [0.4, 0.5) is 0 Å². The number of hydrogen-bond acceptors (Lipinski definition) is 4. The van der Waals surface area contributed by atoms with Crippen LogP contribution in [0.1, 0.15) is 27.3 Å². The monoisotopic (exact) mass is 369 g/mol. The number of ether oxygens (including phenoxy) is 2. The molecule has 0 amide bonds. The van der Waals surface area contributed by atoms with Gasteiger partial charge < -0.3 is 9.47 Å². The topological polar surface area (TPSA) is 48.4 Å². The molecule has 0 unspecified atom stereocenters. The van der Waals surface area contributed by atoms with E-state index in [9.17, 15) is 4.79 Å². The van der Waals surface area contributed by atoms with Gasteiger partial charge in [-0.25, -0.2) is 4.98 Å². The first-order chi connectivity index (χ1) is 12.2. The molecule has 0 bridgehead atoms. The maximum atomic E-state index is 12.8. The number of pyridine rings is 1. The van der Waals surface area contributed by atoms with E-state index in [1.807, 2.05) is 42.5 Å². The predicted molar refractivity (Wildman–Crippen MR) is 104 cm³/mol. The van der Waals surface area contributed by atoms with E-state index in [2.05, 4.69) is 4.98 Å². The molecule has 0 spiro atoms. The van der Waals surface area contributed by atoms with Crippen LogP contribution in [-0.4, -0.2) is 25.0 Å². The molecule has 134 valence electrons. The standard InChI is InChI=1S/C21H19NO3.ClH/c1-24-18-12-16(13-19(14-18)25-2)21(23)20-10-6-9-17(22-20)11-15-7-4-3-5-8-15;/h3-10,12-14H,11H2,1-2H3;1H. The maximum Gasteiger partial charge on any atom is 0.211 e. The highest BCUT2D eigenvalue weighted by Gasteiger charge is 2.14. The first-order valence-electron chi connectivity index (χ1n) is 7.97. The smallest absolute Gasteiger partial charge is 0.211 e. The van der Waals surface area contributed by atoms with Crippen molar-refractivity contribution in [3.8, 4) is 11.5 Å². The Labute approximate surface area is 159 Å². The molecule has 26 heavy (non-hydrogen) atoms. The van der Waals surface area contributed by atoms with Gasteiger partial charge in [0.1, 0.15) is 17.2 Å². The Balaban J connectivity index is 0.00000243. The van der Waals surface area contributed by atoms with Crippen molar-refractivity contribution >= 4 is 18.2 Å². The van der Waals surface area contributed by atoms with E-state index in [4.69, 9.17) is 9.47 Å². The molecular weight excluding hydrogens is 350 g/mol. The first-order valence-corrected chi connectivity index (χ1v) is 7.97. The van der Waals surface area contributed by atoms with Gasteiger partial charge in [-0.15, -0.1) is 12.4 Å². The molecular formula is C21H20ClNO3. The van der Waals surface area contributed by atoms with Crippen molar-refractivity contribution in [1.82, 2.24) is 4.98 Å². The molecule has 0 saturated heterocycles. The largest absolute Gasteiger partial charge is 0.497 e. The number of carbonyl (C=O) groups excluding carboxylic acids is 1. The Morgan fingerprint density at radius 2 is 1.54 bits per heavy atom. The molecule has 0 atom stereocenters. The maximum absolute atomic E-state index is 12.8. The van der Waals surface area contributed by atoms with Crippen LogP contribution in [0.15, 0.2) is 66.7 Å². The lowest BCUT2D eigenvalue weighted by Crippen LogP contribution is -2.07. The lowest BCUT2D eigenvalue weighted by molar-refractivity contribution is 0.103. The lowest BCUT2D eigenvalue weighted by atomic mass is 10.1. The van der Waals surface area contributed by atoms with Gasteiger partial charge in [-0.05, 0) is 29.8 Å². The summed E-state index contributed by atoms with van der Waals surface area (Å²) >= 11 is 0. The fraction of sp³-hybridized carbons (Fsp3) is 0.143. The third kappa shape index (κ3) is 4.61. The summed E-state index contributed by atoms with van der Waals surface area (Å²) in [6.07, 6.45) is 0.684. The number of ketones is 1. The number of nitrogens with zero attached hydrogens (tertiary/aromatic N) is 1. The first kappa shape index (κ1) is 19.5. The Kier molecular flexibility index (Phi) is 6.75. The van der Waals surface area contributed by atoms with Gasteiger partial charge in [0.2, 0.25) is 5.78 Å². The average Bonchev–Trinajstić information content (AvgIpc) is 2.68. The van der Waals surface area contributed by atoms with E-state index in [1.54, 1.807) is 38.5 Å². The van der Waals surface area contributed by atoms with Gasteiger partial charge >= 0.3 is 0 Å². The van der Waals surface area contributed by atoms with Gasteiger partial charge in [0.05, 0.1) is 14.2 Å². The normalized spacial score (nSPS) is 9.92. The van der Waals surface area contributed by atoms with Gasteiger partial charge in [0.15, 0.2) is 0 Å². The second-order valence-electron chi connectivity index (χ2n) is 5.61. The number of halogens is 1. The van der Waals surface area contributed by atoms with Crippen molar-refractivity contribution in [2.75, 3.05) is 14.2 Å². The molecule has 2 aromatic carbocycles. The second-order valence-corrected chi connectivity index (χ2v) is 5.61. The minimum Gasteiger partial charge on any atom is -0.497 e. The molecule has 4 nitrogen and oxygen atoms in total. The molecule has 1 heterocycles. The summed E-state index contributed by atoms with van der Waals surface area (Å²) in [7, 11) is 3.11. The van der Waals surface area contributed by atoms with Crippen molar-refractivity contribution < 1.29 is 14.3 Å². The third-order valence-electron chi connectivity index (χ3n) is 3.88. The van der Waals surface area contributed by atoms with Crippen molar-refractivity contribution in [3.05, 3.63) is 89.2 Å². The van der Waals surface area contributed by atoms with Crippen LogP contribution >= 0.6 is 12.4 Å². The highest BCUT2D eigenvalue weighted by atomic mass is 35.5. The molecule has 0 fully saturated rings. The number of methoxy groups -OCH3 is 2. The van der Waals surface area contributed by atoms with Crippen LogP contribution in [0.2, 0.25) is 0 Å². The SMILES string of the molecule is COc1cc(OC)cc(C(=O)c2cccc(Cc3ccccc3)n2)c1.Cl. The quantitative estimate of drug-likeness (QED) is 0.606. The fourth-order valence-corrected chi connectivity index (χ4v) is 2.60. The molecule has 3 rings (SSSR count). The Bertz CT molecular complexity index is 859. The van der Waals surface area contributed by atoms with Crippen molar-refractivity contribution in [3.63, 3.8) is 0 Å². The summed E-state index contributed by atoms with van der Waals surface area (Å²) in [6, 6.07) is 20.7. The van der Waals surface area contributed by atoms with Gasteiger partial charge in [0, 0.05) is 23.7 Å². The van der Waals surface area contributed by atoms with Gasteiger partial charge in [-0.3, -0.25) is 4.79 Å². The van der Waals surface area contributed by atoms with E-state index < -0.39 is 0 Å². The second kappa shape index (κ2) is 9.02. The minimum absolute atomic E-state index is 0. The Morgan fingerprint density at radius 3 is 2.15 bits per heavy atom. The number of carbonyl (C=O) groups is 1. The summed E-state index contributed by atoms with van der Waals surface area (Å²) in [5.41, 5.74) is 2.90. The molecule has 0 radical (unpaired) electrons. The van der Waals surface area contributed by atoms with E-state index in [0.717, 1.165) is 11.3 Å². The summed E-state index contributed by atoms with van der Waals surface area (Å²) in [4.78, 5) is 17.3. The van der Waals surface area contributed by atoms with Crippen LogP contribution in [0, 0.1) is 0 Å². The highest BCUT2D eigenvalue weighted by Crippen LogP contribution is 2.24. The fourth-order valence-electron chi connectivity index (χ4n) is 2.60. The van der Waals surface area contributed by atoms with Crippen molar-refractivity contribution in [2.24, 2.45) is 0 Å². The molecule has 5 heteroatoms. The molecule has 0 N–H and O–H groups in total. The van der Waals surface area contributed by atoms with E-state index >= 15 is 0 Å². The van der Waals surface area contributed by atoms with Crippen LogP contribution < -0.4 is 9.47 Å². The number of hydrogen-bond donors (Lipinski definition) is 0. The minimum atomic E-state index is -0.160. The zero-order chi connectivity index (χ0) is 17.6. The third-order valence-corrected chi connectivity index (χ3v) is 3.88.